The molecular formula is C16H24N2O3. The van der Waals surface area contributed by atoms with Crippen molar-refractivity contribution in [1.29, 1.82) is 0 Å². The van der Waals surface area contributed by atoms with E-state index in [4.69, 9.17) is 4.74 Å². The van der Waals surface area contributed by atoms with Gasteiger partial charge in [0.15, 0.2) is 0 Å². The molecule has 0 spiro atoms. The third-order valence-electron chi connectivity index (χ3n) is 4.00. The molecule has 1 aromatic rings. The zero-order chi connectivity index (χ0) is 15.2. The summed E-state index contributed by atoms with van der Waals surface area (Å²) in [4.78, 5) is 12.3. The van der Waals surface area contributed by atoms with Crippen molar-refractivity contribution in [3.05, 3.63) is 23.8 Å². The highest BCUT2D eigenvalue weighted by Crippen LogP contribution is 2.24. The highest BCUT2D eigenvalue weighted by Gasteiger charge is 2.23. The first kappa shape index (κ1) is 15.6. The summed E-state index contributed by atoms with van der Waals surface area (Å²) in [7, 11) is 1.54. The van der Waals surface area contributed by atoms with Crippen LogP contribution >= 0.6 is 0 Å². The molecule has 1 aliphatic rings. The van der Waals surface area contributed by atoms with Crippen molar-refractivity contribution in [1.82, 2.24) is 10.6 Å². The maximum atomic E-state index is 12.3. The van der Waals surface area contributed by atoms with Gasteiger partial charge in [-0.2, -0.15) is 0 Å². The van der Waals surface area contributed by atoms with Crippen LogP contribution in [0.25, 0.3) is 0 Å². The largest absolute Gasteiger partial charge is 0.507 e. The monoisotopic (exact) mass is 292 g/mol. The Labute approximate surface area is 125 Å². The predicted octanol–water partition coefficient (Wildman–Crippen LogP) is 2.05. The number of benzene rings is 1. The minimum absolute atomic E-state index is 0.0189. The van der Waals surface area contributed by atoms with Crippen molar-refractivity contribution >= 4 is 5.91 Å². The van der Waals surface area contributed by atoms with E-state index in [9.17, 15) is 9.90 Å². The molecule has 1 aromatic carbocycles. The number of phenols is 1. The molecule has 116 valence electrons. The summed E-state index contributed by atoms with van der Waals surface area (Å²) in [5, 5.41) is 16.3. The average Bonchev–Trinajstić information content (AvgIpc) is 2.50. The van der Waals surface area contributed by atoms with Crippen molar-refractivity contribution in [3.63, 3.8) is 0 Å². The highest BCUT2D eigenvalue weighted by molar-refractivity contribution is 5.97. The number of hydrogen-bond acceptors (Lipinski definition) is 4. The van der Waals surface area contributed by atoms with Gasteiger partial charge in [0.1, 0.15) is 11.5 Å². The van der Waals surface area contributed by atoms with Gasteiger partial charge in [-0.1, -0.05) is 6.92 Å². The van der Waals surface area contributed by atoms with Gasteiger partial charge < -0.3 is 20.5 Å². The van der Waals surface area contributed by atoms with E-state index < -0.39 is 0 Å². The second-order valence-electron chi connectivity index (χ2n) is 5.46. The van der Waals surface area contributed by atoms with Gasteiger partial charge in [0, 0.05) is 12.1 Å². The molecule has 1 amide bonds. The molecule has 0 saturated heterocycles. The fraction of sp³-hybridized carbons (Fsp3) is 0.562. The topological polar surface area (TPSA) is 70.6 Å². The molecule has 5 nitrogen and oxygen atoms in total. The number of ether oxygens (including phenoxy) is 1. The Hall–Kier alpha value is -1.75. The molecule has 1 aliphatic carbocycles. The first-order valence-corrected chi connectivity index (χ1v) is 7.55. The number of aromatic hydroxyl groups is 1. The summed E-state index contributed by atoms with van der Waals surface area (Å²) in [6.45, 7) is 3.10. The highest BCUT2D eigenvalue weighted by atomic mass is 16.5. The number of carbonyl (C=O) groups is 1. The fourth-order valence-electron chi connectivity index (χ4n) is 2.82. The van der Waals surface area contributed by atoms with Gasteiger partial charge in [-0.3, -0.25) is 4.79 Å². The minimum Gasteiger partial charge on any atom is -0.507 e. The van der Waals surface area contributed by atoms with E-state index in [0.29, 0.717) is 11.8 Å². The molecule has 2 rings (SSSR count). The number of carbonyl (C=O) groups excluding carboxylic acids is 1. The van der Waals surface area contributed by atoms with Gasteiger partial charge in [-0.05, 0) is 50.4 Å². The molecule has 0 aliphatic heterocycles. The predicted molar refractivity (Wildman–Crippen MR) is 81.8 cm³/mol. The third-order valence-corrected chi connectivity index (χ3v) is 4.00. The van der Waals surface area contributed by atoms with Crippen LogP contribution in [0, 0.1) is 0 Å². The number of rotatable bonds is 5. The van der Waals surface area contributed by atoms with Crippen molar-refractivity contribution in [2.75, 3.05) is 13.7 Å². The van der Waals surface area contributed by atoms with Crippen molar-refractivity contribution < 1.29 is 14.6 Å². The van der Waals surface area contributed by atoms with Crippen LogP contribution in [0.2, 0.25) is 0 Å². The van der Waals surface area contributed by atoms with Gasteiger partial charge in [-0.15, -0.1) is 0 Å². The standard InChI is InChI=1S/C16H24N2O3/c1-3-17-11-4-6-12(7-5-11)18-16(20)14-10-13(21-2)8-9-15(14)19/h8-12,17,19H,3-7H2,1-2H3,(H,18,20). The molecule has 21 heavy (non-hydrogen) atoms. The summed E-state index contributed by atoms with van der Waals surface area (Å²) in [5.74, 6) is 0.307. The summed E-state index contributed by atoms with van der Waals surface area (Å²) in [5.41, 5.74) is 0.267. The Balaban J connectivity index is 1.93. The smallest absolute Gasteiger partial charge is 0.255 e. The molecule has 5 heteroatoms. The molecular weight excluding hydrogens is 268 g/mol. The molecule has 0 heterocycles. The Kier molecular flexibility index (Phi) is 5.44. The first-order valence-electron chi connectivity index (χ1n) is 7.55. The van der Waals surface area contributed by atoms with Gasteiger partial charge in [0.2, 0.25) is 0 Å². The SMILES string of the molecule is CCNC1CCC(NC(=O)c2cc(OC)ccc2O)CC1. The van der Waals surface area contributed by atoms with E-state index >= 15 is 0 Å². The molecule has 0 aromatic heterocycles. The quantitative estimate of drug-likeness (QED) is 0.777. The lowest BCUT2D eigenvalue weighted by molar-refractivity contribution is 0.0921. The number of methoxy groups -OCH3 is 1. The molecule has 0 atom stereocenters. The van der Waals surface area contributed by atoms with Crippen LogP contribution in [0.4, 0.5) is 0 Å². The molecule has 0 unspecified atom stereocenters. The Bertz CT molecular complexity index is 482. The van der Waals surface area contributed by atoms with Crippen LogP contribution in [-0.4, -0.2) is 36.8 Å². The van der Waals surface area contributed by atoms with E-state index in [1.54, 1.807) is 12.1 Å². The van der Waals surface area contributed by atoms with E-state index in [1.807, 2.05) is 0 Å². The second kappa shape index (κ2) is 7.31. The number of nitrogens with one attached hydrogen (secondary N) is 2. The zero-order valence-corrected chi connectivity index (χ0v) is 12.7. The van der Waals surface area contributed by atoms with Crippen LogP contribution in [0.15, 0.2) is 18.2 Å². The van der Waals surface area contributed by atoms with Gasteiger partial charge in [0.25, 0.3) is 5.91 Å². The number of amides is 1. The van der Waals surface area contributed by atoms with E-state index in [-0.39, 0.29) is 23.3 Å². The van der Waals surface area contributed by atoms with Gasteiger partial charge in [0.05, 0.1) is 12.7 Å². The molecule has 1 saturated carbocycles. The van der Waals surface area contributed by atoms with Crippen LogP contribution in [-0.2, 0) is 0 Å². The van der Waals surface area contributed by atoms with Crippen LogP contribution in [0.5, 0.6) is 11.5 Å². The maximum Gasteiger partial charge on any atom is 0.255 e. The molecule has 3 N–H and O–H groups in total. The Morgan fingerprint density at radius 1 is 1.29 bits per heavy atom. The zero-order valence-electron chi connectivity index (χ0n) is 12.7. The number of hydrogen-bond donors (Lipinski definition) is 3. The van der Waals surface area contributed by atoms with Crippen molar-refractivity contribution in [2.45, 2.75) is 44.7 Å². The fourth-order valence-corrected chi connectivity index (χ4v) is 2.82. The van der Waals surface area contributed by atoms with Gasteiger partial charge >= 0.3 is 0 Å². The van der Waals surface area contributed by atoms with Crippen LogP contribution in [0.1, 0.15) is 43.0 Å². The Morgan fingerprint density at radius 2 is 1.95 bits per heavy atom. The van der Waals surface area contributed by atoms with Gasteiger partial charge in [-0.25, -0.2) is 0 Å². The summed E-state index contributed by atoms with van der Waals surface area (Å²) in [6.07, 6.45) is 4.08. The van der Waals surface area contributed by atoms with E-state index in [1.165, 1.54) is 13.2 Å². The average molecular weight is 292 g/mol. The third kappa shape index (κ3) is 4.11. The molecule has 0 radical (unpaired) electrons. The Morgan fingerprint density at radius 3 is 2.57 bits per heavy atom. The molecule has 1 fully saturated rings. The van der Waals surface area contributed by atoms with Crippen molar-refractivity contribution in [3.8, 4) is 11.5 Å². The van der Waals surface area contributed by atoms with Crippen molar-refractivity contribution in [2.24, 2.45) is 0 Å². The summed E-state index contributed by atoms with van der Waals surface area (Å²) < 4.78 is 5.09. The summed E-state index contributed by atoms with van der Waals surface area (Å²) >= 11 is 0. The second-order valence-corrected chi connectivity index (χ2v) is 5.46. The first-order chi connectivity index (χ1) is 10.1. The van der Waals surface area contributed by atoms with E-state index in [0.717, 1.165) is 32.2 Å². The normalized spacial score (nSPS) is 21.8. The summed E-state index contributed by atoms with van der Waals surface area (Å²) in [6, 6.07) is 5.42. The molecule has 0 bridgehead atoms. The lowest BCUT2D eigenvalue weighted by Crippen LogP contribution is -2.42. The maximum absolute atomic E-state index is 12.3. The van der Waals surface area contributed by atoms with E-state index in [2.05, 4.69) is 17.6 Å². The number of phenolic OH excluding ortho intramolecular Hbond substituents is 1. The van der Waals surface area contributed by atoms with Crippen LogP contribution < -0.4 is 15.4 Å². The minimum atomic E-state index is -0.238. The van der Waals surface area contributed by atoms with Crippen LogP contribution in [0.3, 0.4) is 0 Å². The lowest BCUT2D eigenvalue weighted by atomic mass is 9.91. The lowest BCUT2D eigenvalue weighted by Gasteiger charge is -2.29.